The predicted molar refractivity (Wildman–Crippen MR) is 186 cm³/mol. The zero-order valence-electron chi connectivity index (χ0n) is 25.0. The molecule has 8 rings (SSSR count). The molecule has 0 N–H and O–H groups in total. The molecule has 4 nitrogen and oxygen atoms in total. The van der Waals surface area contributed by atoms with Crippen LogP contribution in [0.5, 0.6) is 0 Å². The SMILES string of the molecule is N#Cc1ccc(N(C2=C3C=Cc4ccc(N(c5ccccc5)c5ccc(C#N)cc5)c5c4C3C(C=C2)C=C5)c2ccccc2)cc1. The van der Waals surface area contributed by atoms with E-state index in [1.54, 1.807) is 0 Å². The van der Waals surface area contributed by atoms with Crippen molar-refractivity contribution in [3.8, 4) is 12.1 Å². The van der Waals surface area contributed by atoms with E-state index in [4.69, 9.17) is 0 Å². The Kier molecular flexibility index (Phi) is 6.68. The molecule has 216 valence electrons. The molecule has 0 aliphatic heterocycles. The summed E-state index contributed by atoms with van der Waals surface area (Å²) in [6.45, 7) is 0. The summed E-state index contributed by atoms with van der Waals surface area (Å²) < 4.78 is 0. The second kappa shape index (κ2) is 11.3. The number of anilines is 5. The van der Waals surface area contributed by atoms with Gasteiger partial charge >= 0.3 is 0 Å². The minimum absolute atomic E-state index is 0.142. The molecule has 0 radical (unpaired) electrons. The van der Waals surface area contributed by atoms with Crippen LogP contribution in [-0.4, -0.2) is 0 Å². The van der Waals surface area contributed by atoms with Gasteiger partial charge in [0.1, 0.15) is 0 Å². The summed E-state index contributed by atoms with van der Waals surface area (Å²) >= 11 is 0. The Morgan fingerprint density at radius 2 is 1.04 bits per heavy atom. The van der Waals surface area contributed by atoms with Gasteiger partial charge in [-0.25, -0.2) is 0 Å². The number of hydrogen-bond donors (Lipinski definition) is 0. The highest BCUT2D eigenvalue weighted by molar-refractivity contribution is 5.89. The van der Waals surface area contributed by atoms with Gasteiger partial charge < -0.3 is 9.80 Å². The van der Waals surface area contributed by atoms with Gasteiger partial charge in [0, 0.05) is 45.8 Å². The molecule has 0 fully saturated rings. The molecule has 5 aromatic carbocycles. The van der Waals surface area contributed by atoms with Crippen LogP contribution in [0.4, 0.5) is 28.4 Å². The van der Waals surface area contributed by atoms with Gasteiger partial charge in [-0.2, -0.15) is 10.5 Å². The van der Waals surface area contributed by atoms with Crippen LogP contribution in [0.1, 0.15) is 33.7 Å². The van der Waals surface area contributed by atoms with Crippen LogP contribution in [0.25, 0.3) is 12.2 Å². The summed E-state index contributed by atoms with van der Waals surface area (Å²) in [6.07, 6.45) is 13.7. The third-order valence-electron chi connectivity index (χ3n) is 9.05. The zero-order valence-corrected chi connectivity index (χ0v) is 25.0. The number of allylic oxidation sites excluding steroid dienone is 5. The summed E-state index contributed by atoms with van der Waals surface area (Å²) in [5.41, 5.74) is 12.6. The van der Waals surface area contributed by atoms with Crippen LogP contribution in [0, 0.1) is 28.6 Å². The molecule has 46 heavy (non-hydrogen) atoms. The molecule has 3 aliphatic rings. The molecule has 0 heterocycles. The minimum atomic E-state index is 0.142. The average Bonchev–Trinajstić information content (AvgIpc) is 3.13. The number of hydrogen-bond acceptors (Lipinski definition) is 4. The second-order valence-electron chi connectivity index (χ2n) is 11.6. The Morgan fingerprint density at radius 1 is 0.500 bits per heavy atom. The summed E-state index contributed by atoms with van der Waals surface area (Å²) in [6, 6.07) is 45.4. The van der Waals surface area contributed by atoms with E-state index in [0.29, 0.717) is 11.1 Å². The lowest BCUT2D eigenvalue weighted by molar-refractivity contribution is 0.655. The molecule has 0 saturated carbocycles. The molecule has 0 aromatic heterocycles. The maximum Gasteiger partial charge on any atom is 0.0991 e. The molecule has 2 atom stereocenters. The summed E-state index contributed by atoms with van der Waals surface area (Å²) in [7, 11) is 0. The topological polar surface area (TPSA) is 54.1 Å². The lowest BCUT2D eigenvalue weighted by atomic mass is 9.68. The van der Waals surface area contributed by atoms with Crippen molar-refractivity contribution < 1.29 is 0 Å². The Balaban J connectivity index is 1.31. The number of benzene rings is 5. The first-order chi connectivity index (χ1) is 22.7. The van der Waals surface area contributed by atoms with Gasteiger partial charge in [0.15, 0.2) is 0 Å². The van der Waals surface area contributed by atoms with Crippen LogP contribution in [0.15, 0.2) is 157 Å². The van der Waals surface area contributed by atoms with E-state index >= 15 is 0 Å². The maximum absolute atomic E-state index is 9.46. The Hall–Kier alpha value is -6.36. The van der Waals surface area contributed by atoms with Crippen molar-refractivity contribution in [2.24, 2.45) is 5.92 Å². The first kappa shape index (κ1) is 27.2. The van der Waals surface area contributed by atoms with Crippen molar-refractivity contribution >= 4 is 40.6 Å². The van der Waals surface area contributed by atoms with Gasteiger partial charge in [0.05, 0.1) is 29.0 Å². The summed E-state index contributed by atoms with van der Waals surface area (Å²) in [4.78, 5) is 4.59. The van der Waals surface area contributed by atoms with Gasteiger partial charge in [0.25, 0.3) is 0 Å². The maximum atomic E-state index is 9.46. The van der Waals surface area contributed by atoms with Crippen molar-refractivity contribution in [2.45, 2.75) is 5.92 Å². The minimum Gasteiger partial charge on any atom is -0.310 e. The fraction of sp³-hybridized carbons (Fsp3) is 0.0476. The monoisotopic (exact) mass is 588 g/mol. The average molecular weight is 589 g/mol. The van der Waals surface area contributed by atoms with Crippen LogP contribution < -0.4 is 9.80 Å². The van der Waals surface area contributed by atoms with Crippen molar-refractivity contribution in [3.05, 3.63) is 185 Å². The van der Waals surface area contributed by atoms with Crippen molar-refractivity contribution in [3.63, 3.8) is 0 Å². The number of nitrogens with zero attached hydrogens (tertiary/aromatic N) is 4. The quantitative estimate of drug-likeness (QED) is 0.198. The van der Waals surface area contributed by atoms with Crippen LogP contribution in [0.2, 0.25) is 0 Å². The Bertz CT molecular complexity index is 2160. The molecule has 0 bridgehead atoms. The van der Waals surface area contributed by atoms with Crippen molar-refractivity contribution in [1.29, 1.82) is 10.5 Å². The third-order valence-corrected chi connectivity index (χ3v) is 9.05. The smallest absolute Gasteiger partial charge is 0.0991 e. The van der Waals surface area contributed by atoms with E-state index in [0.717, 1.165) is 34.1 Å². The first-order valence-corrected chi connectivity index (χ1v) is 15.4. The number of rotatable bonds is 6. The Morgan fingerprint density at radius 3 is 1.65 bits per heavy atom. The number of nitriles is 2. The van der Waals surface area contributed by atoms with E-state index < -0.39 is 0 Å². The van der Waals surface area contributed by atoms with Crippen molar-refractivity contribution in [2.75, 3.05) is 9.80 Å². The molecule has 0 saturated heterocycles. The molecule has 0 amide bonds. The lowest BCUT2D eigenvalue weighted by Gasteiger charge is -2.41. The summed E-state index contributed by atoms with van der Waals surface area (Å²) in [5, 5.41) is 18.9. The molecular formula is C42H28N4. The van der Waals surface area contributed by atoms with Crippen LogP contribution >= 0.6 is 0 Å². The molecule has 2 unspecified atom stereocenters. The highest BCUT2D eigenvalue weighted by Gasteiger charge is 2.37. The predicted octanol–water partition coefficient (Wildman–Crippen LogP) is 10.3. The van der Waals surface area contributed by atoms with E-state index in [9.17, 15) is 10.5 Å². The van der Waals surface area contributed by atoms with Crippen molar-refractivity contribution in [1.82, 2.24) is 0 Å². The second-order valence-corrected chi connectivity index (χ2v) is 11.6. The van der Waals surface area contributed by atoms with E-state index in [2.05, 4.69) is 119 Å². The lowest BCUT2D eigenvalue weighted by Crippen LogP contribution is -2.28. The molecule has 3 aliphatic carbocycles. The van der Waals surface area contributed by atoms with Gasteiger partial charge in [-0.1, -0.05) is 72.8 Å². The fourth-order valence-electron chi connectivity index (χ4n) is 6.96. The normalized spacial score (nSPS) is 16.7. The summed E-state index contributed by atoms with van der Waals surface area (Å²) in [5.74, 6) is 0.368. The fourth-order valence-corrected chi connectivity index (χ4v) is 6.96. The van der Waals surface area contributed by atoms with Gasteiger partial charge in [-0.3, -0.25) is 0 Å². The first-order valence-electron chi connectivity index (χ1n) is 15.4. The zero-order chi connectivity index (χ0) is 31.0. The highest BCUT2D eigenvalue weighted by Crippen LogP contribution is 2.53. The van der Waals surface area contributed by atoms with E-state index in [1.807, 2.05) is 60.7 Å². The molecular weight excluding hydrogens is 560 g/mol. The number of para-hydroxylation sites is 2. The molecule has 5 aromatic rings. The van der Waals surface area contributed by atoms with E-state index in [-0.39, 0.29) is 11.8 Å². The molecule has 0 spiro atoms. The standard InChI is InChI=1S/C42H28N4/c43-27-29-11-19-35(20-12-29)45(33-7-3-1-4-8-33)39-25-17-31-16-24-38-40(26-18-32-15-23-37(39)41(31)42(32)38)46(34-9-5-2-6-10-34)36-21-13-30(28-44)14-22-36/h1-26,31,41H. The molecule has 4 heteroatoms. The third kappa shape index (κ3) is 4.53. The van der Waals surface area contributed by atoms with E-state index in [1.165, 1.54) is 22.3 Å². The van der Waals surface area contributed by atoms with Gasteiger partial charge in [-0.05, 0) is 102 Å². The van der Waals surface area contributed by atoms with Gasteiger partial charge in [-0.15, -0.1) is 0 Å². The highest BCUT2D eigenvalue weighted by atomic mass is 15.2. The Labute approximate surface area is 269 Å². The van der Waals surface area contributed by atoms with Crippen LogP contribution in [-0.2, 0) is 0 Å². The van der Waals surface area contributed by atoms with Gasteiger partial charge in [0.2, 0.25) is 0 Å². The van der Waals surface area contributed by atoms with Crippen LogP contribution in [0.3, 0.4) is 0 Å². The largest absolute Gasteiger partial charge is 0.310 e.